The number of sulfonamides is 1. The number of nitrogens with one attached hydrogen (secondary N) is 1. The van der Waals surface area contributed by atoms with Gasteiger partial charge in [0.05, 0.1) is 34.7 Å². The highest BCUT2D eigenvalue weighted by molar-refractivity contribution is 7.92. The summed E-state index contributed by atoms with van der Waals surface area (Å²) in [5.41, 5.74) is 4.75. The van der Waals surface area contributed by atoms with Gasteiger partial charge in [-0.1, -0.05) is 59.6 Å². The molecule has 7 nitrogen and oxygen atoms in total. The molecule has 0 spiro atoms. The van der Waals surface area contributed by atoms with Crippen molar-refractivity contribution >= 4 is 51.0 Å². The van der Waals surface area contributed by atoms with Gasteiger partial charge in [-0.3, -0.25) is 9.10 Å². The number of benzene rings is 3. The molecule has 0 saturated carbocycles. The molecular formula is C26H21Cl2N3O4S. The Hall–Kier alpha value is -3.59. The van der Waals surface area contributed by atoms with Gasteiger partial charge in [0.2, 0.25) is 10.0 Å². The lowest BCUT2D eigenvalue weighted by molar-refractivity contribution is 0.0955. The summed E-state index contributed by atoms with van der Waals surface area (Å²) in [4.78, 5) is 12.5. The summed E-state index contributed by atoms with van der Waals surface area (Å²) in [6.45, 7) is 0.139. The van der Waals surface area contributed by atoms with Crippen molar-refractivity contribution in [3.8, 4) is 11.3 Å². The summed E-state index contributed by atoms with van der Waals surface area (Å²) >= 11 is 12.3. The van der Waals surface area contributed by atoms with Crippen LogP contribution < -0.4 is 9.73 Å². The number of halogens is 2. The van der Waals surface area contributed by atoms with Crippen LogP contribution in [0, 0.1) is 0 Å². The van der Waals surface area contributed by atoms with Crippen LogP contribution >= 0.6 is 23.2 Å². The first-order valence-corrected chi connectivity index (χ1v) is 13.3. The molecule has 184 valence electrons. The Bertz CT molecular complexity index is 1500. The van der Waals surface area contributed by atoms with E-state index in [4.69, 9.17) is 27.6 Å². The van der Waals surface area contributed by atoms with E-state index in [0.29, 0.717) is 38.4 Å². The van der Waals surface area contributed by atoms with Crippen molar-refractivity contribution in [2.75, 3.05) is 10.6 Å². The van der Waals surface area contributed by atoms with E-state index >= 15 is 0 Å². The average Bonchev–Trinajstić information content (AvgIpc) is 3.33. The minimum atomic E-state index is -3.49. The van der Waals surface area contributed by atoms with Crippen LogP contribution in [0.2, 0.25) is 10.0 Å². The highest BCUT2D eigenvalue weighted by atomic mass is 35.5. The Morgan fingerprint density at radius 3 is 2.39 bits per heavy atom. The van der Waals surface area contributed by atoms with Gasteiger partial charge in [0, 0.05) is 11.1 Å². The molecule has 1 N–H and O–H groups in total. The highest BCUT2D eigenvalue weighted by Crippen LogP contribution is 2.34. The van der Waals surface area contributed by atoms with E-state index in [2.05, 4.69) is 10.5 Å². The lowest BCUT2D eigenvalue weighted by atomic mass is 10.1. The van der Waals surface area contributed by atoms with Gasteiger partial charge >= 0.3 is 0 Å². The summed E-state index contributed by atoms with van der Waals surface area (Å²) in [7, 11) is -3.49. The normalized spacial score (nSPS) is 11.5. The maximum atomic E-state index is 12.5. The molecule has 36 heavy (non-hydrogen) atoms. The number of carbonyl (C=O) groups is 1. The molecule has 0 bridgehead atoms. The predicted molar refractivity (Wildman–Crippen MR) is 143 cm³/mol. The Morgan fingerprint density at radius 1 is 0.972 bits per heavy atom. The Labute approximate surface area is 219 Å². The zero-order valence-electron chi connectivity index (χ0n) is 19.1. The predicted octanol–water partition coefficient (Wildman–Crippen LogP) is 5.98. The van der Waals surface area contributed by atoms with E-state index in [-0.39, 0.29) is 6.54 Å². The third kappa shape index (κ3) is 6.15. The summed E-state index contributed by atoms with van der Waals surface area (Å²) in [5.74, 6) is 0.508. The van der Waals surface area contributed by atoms with Gasteiger partial charge in [-0.15, -0.1) is 0 Å². The van der Waals surface area contributed by atoms with Crippen molar-refractivity contribution in [1.29, 1.82) is 0 Å². The fourth-order valence-corrected chi connectivity index (χ4v) is 4.68. The molecule has 4 rings (SSSR count). The first kappa shape index (κ1) is 25.5. The third-order valence-corrected chi connectivity index (χ3v) is 7.15. The van der Waals surface area contributed by atoms with E-state index in [1.54, 1.807) is 78.9 Å². The molecule has 4 aromatic rings. The Balaban J connectivity index is 1.39. The topological polar surface area (TPSA) is 92.0 Å². The van der Waals surface area contributed by atoms with E-state index in [0.717, 1.165) is 11.8 Å². The van der Waals surface area contributed by atoms with Crippen molar-refractivity contribution in [3.05, 3.63) is 112 Å². The first-order chi connectivity index (χ1) is 17.2. The third-order valence-electron chi connectivity index (χ3n) is 5.19. The molecule has 0 radical (unpaired) electrons. The Kier molecular flexibility index (Phi) is 7.79. The minimum Gasteiger partial charge on any atom is -0.455 e. The molecule has 0 aliphatic carbocycles. The zero-order chi connectivity index (χ0) is 25.7. The van der Waals surface area contributed by atoms with Crippen LogP contribution in [0.4, 0.5) is 5.69 Å². The maximum absolute atomic E-state index is 12.5. The largest absolute Gasteiger partial charge is 0.455 e. The number of carbonyl (C=O) groups excluding carboxylic acids is 1. The van der Waals surface area contributed by atoms with Crippen LogP contribution in [-0.4, -0.2) is 26.8 Å². The quantitative estimate of drug-likeness (QED) is 0.219. The van der Waals surface area contributed by atoms with Gasteiger partial charge in [0.15, 0.2) is 0 Å². The molecular weight excluding hydrogens is 521 g/mol. The molecule has 0 saturated heterocycles. The summed E-state index contributed by atoms with van der Waals surface area (Å²) in [6.07, 6.45) is 2.53. The van der Waals surface area contributed by atoms with E-state index < -0.39 is 15.9 Å². The molecule has 0 atom stereocenters. The molecule has 1 aromatic heterocycles. The van der Waals surface area contributed by atoms with E-state index in [1.165, 1.54) is 10.5 Å². The molecule has 0 fully saturated rings. The van der Waals surface area contributed by atoms with Gasteiger partial charge in [0.1, 0.15) is 11.5 Å². The standard InChI is InChI=1S/C26H21Cl2N3O4S/c1-36(33,34)31(20-6-3-2-4-7-20)17-18-10-12-19(13-11-18)26(32)30-29-16-21-14-15-24(35-21)22-8-5-9-23(27)25(22)28/h2-16H,17H2,1H3,(H,30,32)/b29-16-. The number of amides is 1. The number of para-hydroxylation sites is 1. The van der Waals surface area contributed by atoms with Gasteiger partial charge in [-0.05, 0) is 54.1 Å². The van der Waals surface area contributed by atoms with Gasteiger partial charge in [-0.25, -0.2) is 13.8 Å². The number of anilines is 1. The number of rotatable bonds is 8. The van der Waals surface area contributed by atoms with Crippen molar-refractivity contribution in [2.24, 2.45) is 5.10 Å². The molecule has 1 heterocycles. The molecule has 0 aliphatic rings. The molecule has 0 unspecified atom stereocenters. The number of hydrogen-bond acceptors (Lipinski definition) is 5. The van der Waals surface area contributed by atoms with Crippen LogP contribution in [0.1, 0.15) is 21.7 Å². The Morgan fingerprint density at radius 2 is 1.69 bits per heavy atom. The monoisotopic (exact) mass is 541 g/mol. The van der Waals surface area contributed by atoms with Crippen molar-refractivity contribution in [3.63, 3.8) is 0 Å². The summed E-state index contributed by atoms with van der Waals surface area (Å²) in [6, 6.07) is 24.1. The number of nitrogens with zero attached hydrogens (tertiary/aromatic N) is 2. The minimum absolute atomic E-state index is 0.139. The molecule has 1 amide bonds. The van der Waals surface area contributed by atoms with Crippen molar-refractivity contribution in [2.45, 2.75) is 6.54 Å². The zero-order valence-corrected chi connectivity index (χ0v) is 21.4. The lowest BCUT2D eigenvalue weighted by Crippen LogP contribution is -2.29. The summed E-state index contributed by atoms with van der Waals surface area (Å²) < 4.78 is 31.6. The lowest BCUT2D eigenvalue weighted by Gasteiger charge is -2.22. The van der Waals surface area contributed by atoms with Crippen LogP contribution in [0.15, 0.2) is 94.4 Å². The number of hydrogen-bond donors (Lipinski definition) is 1. The van der Waals surface area contributed by atoms with Crippen molar-refractivity contribution < 1.29 is 17.6 Å². The molecule has 10 heteroatoms. The first-order valence-electron chi connectivity index (χ1n) is 10.7. The maximum Gasteiger partial charge on any atom is 0.271 e. The fraction of sp³-hybridized carbons (Fsp3) is 0.0769. The number of hydrazone groups is 1. The number of furan rings is 1. The smallest absolute Gasteiger partial charge is 0.271 e. The van der Waals surface area contributed by atoms with Gasteiger partial charge < -0.3 is 4.42 Å². The average molecular weight is 542 g/mol. The second kappa shape index (κ2) is 11.0. The van der Waals surface area contributed by atoms with Crippen LogP contribution in [0.3, 0.4) is 0 Å². The van der Waals surface area contributed by atoms with Crippen molar-refractivity contribution in [1.82, 2.24) is 5.43 Å². The second-order valence-electron chi connectivity index (χ2n) is 7.80. The fourth-order valence-electron chi connectivity index (χ4n) is 3.40. The van der Waals surface area contributed by atoms with E-state index in [9.17, 15) is 13.2 Å². The SMILES string of the molecule is CS(=O)(=O)N(Cc1ccc(C(=O)N/N=C\c2ccc(-c3cccc(Cl)c3Cl)o2)cc1)c1ccccc1. The van der Waals surface area contributed by atoms with Crippen LogP contribution in [-0.2, 0) is 16.6 Å². The van der Waals surface area contributed by atoms with Gasteiger partial charge in [0.25, 0.3) is 5.91 Å². The molecule has 0 aliphatic heterocycles. The van der Waals surface area contributed by atoms with Crippen LogP contribution in [0.5, 0.6) is 0 Å². The van der Waals surface area contributed by atoms with Crippen LogP contribution in [0.25, 0.3) is 11.3 Å². The van der Waals surface area contributed by atoms with Gasteiger partial charge in [-0.2, -0.15) is 5.10 Å². The highest BCUT2D eigenvalue weighted by Gasteiger charge is 2.18. The summed E-state index contributed by atoms with van der Waals surface area (Å²) in [5, 5.41) is 4.75. The second-order valence-corrected chi connectivity index (χ2v) is 10.5. The van der Waals surface area contributed by atoms with E-state index in [1.807, 2.05) is 6.07 Å². The molecule has 3 aromatic carbocycles.